The van der Waals surface area contributed by atoms with Crippen LogP contribution in [-0.2, 0) is 15.2 Å². The summed E-state index contributed by atoms with van der Waals surface area (Å²) in [5.74, 6) is -0.535. The number of ketones is 1. The van der Waals surface area contributed by atoms with Gasteiger partial charge in [-0.15, -0.1) is 0 Å². The van der Waals surface area contributed by atoms with Gasteiger partial charge in [0.2, 0.25) is 0 Å². The van der Waals surface area contributed by atoms with Crippen molar-refractivity contribution in [2.45, 2.75) is 65.4 Å². The van der Waals surface area contributed by atoms with Crippen LogP contribution in [0.2, 0.25) is 0 Å². The minimum atomic E-state index is -1.71. The first-order chi connectivity index (χ1) is 10.8. The zero-order chi connectivity index (χ0) is 17.2. The molecule has 1 aliphatic heterocycles. The van der Waals surface area contributed by atoms with E-state index in [1.165, 1.54) is 6.92 Å². The molecule has 1 aromatic rings. The lowest BCUT2D eigenvalue weighted by molar-refractivity contribution is -0.141. The van der Waals surface area contributed by atoms with Crippen LogP contribution in [0.1, 0.15) is 62.6 Å². The number of amides is 1. The Hall–Kier alpha value is -1.68. The average molecular weight is 317 g/mol. The lowest BCUT2D eigenvalue weighted by atomic mass is 9.88. The van der Waals surface area contributed by atoms with Crippen molar-refractivity contribution in [2.75, 3.05) is 11.4 Å². The molecule has 0 saturated carbocycles. The molecular weight excluding hydrogens is 290 g/mol. The Kier molecular flexibility index (Phi) is 5.25. The summed E-state index contributed by atoms with van der Waals surface area (Å²) in [6.45, 7) is 8.05. The second-order valence-corrected chi connectivity index (χ2v) is 6.73. The van der Waals surface area contributed by atoms with Crippen molar-refractivity contribution < 1.29 is 14.7 Å². The molecule has 0 bridgehead atoms. The summed E-state index contributed by atoms with van der Waals surface area (Å²) in [6.07, 6.45) is 4.08. The summed E-state index contributed by atoms with van der Waals surface area (Å²) in [5.41, 5.74) is 1.64. The predicted molar refractivity (Wildman–Crippen MR) is 91.6 cm³/mol. The van der Waals surface area contributed by atoms with E-state index < -0.39 is 5.60 Å². The standard InChI is InChI=1S/C19H27NO3/c1-5-6-7-8-9-20-17-14(3)10-13(2)11-16(17)19(23,18(20)22)12-15(4)21/h10-11,23H,5-9,12H2,1-4H3. The van der Waals surface area contributed by atoms with Gasteiger partial charge in [-0.1, -0.05) is 43.9 Å². The molecule has 23 heavy (non-hydrogen) atoms. The van der Waals surface area contributed by atoms with Crippen molar-refractivity contribution in [3.63, 3.8) is 0 Å². The molecule has 126 valence electrons. The third-order valence-electron chi connectivity index (χ3n) is 4.50. The van der Waals surface area contributed by atoms with Crippen molar-refractivity contribution >= 4 is 17.4 Å². The van der Waals surface area contributed by atoms with E-state index in [2.05, 4.69) is 6.92 Å². The number of fused-ring (bicyclic) bond motifs is 1. The molecule has 0 spiro atoms. The van der Waals surface area contributed by atoms with E-state index in [9.17, 15) is 14.7 Å². The fourth-order valence-electron chi connectivity index (χ4n) is 3.51. The largest absolute Gasteiger partial charge is 0.375 e. The molecule has 1 atom stereocenters. The van der Waals surface area contributed by atoms with Gasteiger partial charge in [-0.25, -0.2) is 0 Å². The summed E-state index contributed by atoms with van der Waals surface area (Å²) < 4.78 is 0. The Morgan fingerprint density at radius 3 is 2.52 bits per heavy atom. The van der Waals surface area contributed by atoms with Gasteiger partial charge in [0.25, 0.3) is 5.91 Å². The van der Waals surface area contributed by atoms with E-state index in [1.807, 2.05) is 26.0 Å². The number of hydrogen-bond donors (Lipinski definition) is 1. The van der Waals surface area contributed by atoms with Gasteiger partial charge in [0.15, 0.2) is 5.60 Å². The summed E-state index contributed by atoms with van der Waals surface area (Å²) in [4.78, 5) is 26.2. The lowest BCUT2D eigenvalue weighted by Gasteiger charge is -2.22. The Morgan fingerprint density at radius 2 is 1.91 bits per heavy atom. The number of Topliss-reactive ketones (excluding diaryl/α,β-unsaturated/α-hetero) is 1. The highest BCUT2D eigenvalue weighted by Crippen LogP contribution is 2.45. The van der Waals surface area contributed by atoms with E-state index in [1.54, 1.807) is 4.90 Å². The maximum absolute atomic E-state index is 12.9. The smallest absolute Gasteiger partial charge is 0.264 e. The SMILES string of the molecule is CCCCCCN1C(=O)C(O)(CC(C)=O)c2cc(C)cc(C)c21. The van der Waals surface area contributed by atoms with Crippen molar-refractivity contribution in [3.05, 3.63) is 28.8 Å². The molecule has 2 rings (SSSR count). The molecule has 0 fully saturated rings. The molecule has 4 nitrogen and oxygen atoms in total. The van der Waals surface area contributed by atoms with Gasteiger partial charge in [0, 0.05) is 18.5 Å². The number of aliphatic hydroxyl groups is 1. The third kappa shape index (κ3) is 3.32. The van der Waals surface area contributed by atoms with E-state index in [4.69, 9.17) is 0 Å². The highest BCUT2D eigenvalue weighted by atomic mass is 16.3. The number of carbonyl (C=O) groups is 2. The van der Waals surface area contributed by atoms with Crippen LogP contribution < -0.4 is 4.90 Å². The number of carbonyl (C=O) groups excluding carboxylic acids is 2. The maximum atomic E-state index is 12.9. The minimum absolute atomic E-state index is 0.160. The monoisotopic (exact) mass is 317 g/mol. The van der Waals surface area contributed by atoms with E-state index >= 15 is 0 Å². The van der Waals surface area contributed by atoms with Gasteiger partial charge >= 0.3 is 0 Å². The summed E-state index contributed by atoms with van der Waals surface area (Å²) in [5, 5.41) is 11.0. The Labute approximate surface area is 138 Å². The average Bonchev–Trinajstić information content (AvgIpc) is 2.65. The van der Waals surface area contributed by atoms with Crippen LogP contribution in [0.4, 0.5) is 5.69 Å². The number of unbranched alkanes of at least 4 members (excludes halogenated alkanes) is 3. The molecule has 0 radical (unpaired) electrons. The van der Waals surface area contributed by atoms with E-state index in [0.717, 1.165) is 42.5 Å². The molecule has 0 aliphatic carbocycles. The van der Waals surface area contributed by atoms with Crippen molar-refractivity contribution in [1.82, 2.24) is 0 Å². The number of hydrogen-bond acceptors (Lipinski definition) is 3. The second kappa shape index (κ2) is 6.83. The first-order valence-electron chi connectivity index (χ1n) is 8.46. The molecule has 1 unspecified atom stereocenters. The number of rotatable bonds is 7. The summed E-state index contributed by atoms with van der Waals surface area (Å²) in [7, 11) is 0. The first kappa shape index (κ1) is 17.7. The second-order valence-electron chi connectivity index (χ2n) is 6.73. The molecule has 1 aliphatic rings. The summed E-state index contributed by atoms with van der Waals surface area (Å²) in [6, 6.07) is 3.86. The third-order valence-corrected chi connectivity index (χ3v) is 4.50. The van der Waals surface area contributed by atoms with Crippen LogP contribution in [0.15, 0.2) is 12.1 Å². The summed E-state index contributed by atoms with van der Waals surface area (Å²) >= 11 is 0. The van der Waals surface area contributed by atoms with Gasteiger partial charge in [0.05, 0.1) is 5.69 Å². The van der Waals surface area contributed by atoms with Crippen LogP contribution >= 0.6 is 0 Å². The highest BCUT2D eigenvalue weighted by molar-refractivity contribution is 6.09. The topological polar surface area (TPSA) is 57.6 Å². The number of benzene rings is 1. The van der Waals surface area contributed by atoms with Crippen LogP contribution in [0.5, 0.6) is 0 Å². The Balaban J connectivity index is 2.40. The molecule has 4 heteroatoms. The van der Waals surface area contributed by atoms with Gasteiger partial charge in [-0.05, 0) is 32.8 Å². The van der Waals surface area contributed by atoms with Gasteiger partial charge in [0.1, 0.15) is 5.78 Å². The maximum Gasteiger partial charge on any atom is 0.264 e. The minimum Gasteiger partial charge on any atom is -0.375 e. The van der Waals surface area contributed by atoms with Crippen LogP contribution in [0.3, 0.4) is 0 Å². The number of anilines is 1. The molecule has 1 N–H and O–H groups in total. The number of nitrogens with zero attached hydrogens (tertiary/aromatic N) is 1. The predicted octanol–water partition coefficient (Wildman–Crippen LogP) is 3.40. The number of aryl methyl sites for hydroxylation is 2. The van der Waals surface area contributed by atoms with Gasteiger partial charge < -0.3 is 10.0 Å². The van der Waals surface area contributed by atoms with Gasteiger partial charge in [-0.3, -0.25) is 9.59 Å². The quantitative estimate of drug-likeness (QED) is 0.784. The molecular formula is C19H27NO3. The van der Waals surface area contributed by atoms with E-state index in [-0.39, 0.29) is 18.1 Å². The molecule has 0 saturated heterocycles. The Morgan fingerprint density at radius 1 is 1.22 bits per heavy atom. The zero-order valence-corrected chi connectivity index (χ0v) is 14.6. The molecule has 1 aromatic carbocycles. The van der Waals surface area contributed by atoms with E-state index in [0.29, 0.717) is 12.1 Å². The van der Waals surface area contributed by atoms with Crippen molar-refractivity contribution in [3.8, 4) is 0 Å². The normalized spacial score (nSPS) is 20.0. The first-order valence-corrected chi connectivity index (χ1v) is 8.46. The zero-order valence-electron chi connectivity index (χ0n) is 14.6. The molecule has 1 heterocycles. The van der Waals surface area contributed by atoms with Crippen LogP contribution in [0, 0.1) is 13.8 Å². The fraction of sp³-hybridized carbons (Fsp3) is 0.579. The lowest BCUT2D eigenvalue weighted by Crippen LogP contribution is -2.42. The highest BCUT2D eigenvalue weighted by Gasteiger charge is 2.50. The Bertz CT molecular complexity index is 623. The van der Waals surface area contributed by atoms with Crippen molar-refractivity contribution in [1.29, 1.82) is 0 Å². The fourth-order valence-corrected chi connectivity index (χ4v) is 3.51. The van der Waals surface area contributed by atoms with Crippen molar-refractivity contribution in [2.24, 2.45) is 0 Å². The van der Waals surface area contributed by atoms with Crippen LogP contribution in [-0.4, -0.2) is 23.3 Å². The van der Waals surface area contributed by atoms with Gasteiger partial charge in [-0.2, -0.15) is 0 Å². The molecule has 1 amide bonds. The van der Waals surface area contributed by atoms with Crippen LogP contribution in [0.25, 0.3) is 0 Å². The molecule has 0 aromatic heterocycles.